The normalized spacial score (nSPS) is 12.8. The van der Waals surface area contributed by atoms with Gasteiger partial charge in [0.25, 0.3) is 0 Å². The van der Waals surface area contributed by atoms with E-state index in [-0.39, 0.29) is 6.10 Å². The van der Waals surface area contributed by atoms with Gasteiger partial charge in [-0.15, -0.1) is 0 Å². The minimum Gasteiger partial charge on any atom is -0.393 e. The molecule has 84 valence electrons. The molecule has 0 amide bonds. The molecule has 0 heterocycles. The Morgan fingerprint density at radius 2 is 2.13 bits per heavy atom. The van der Waals surface area contributed by atoms with Gasteiger partial charge in [-0.1, -0.05) is 35.3 Å². The van der Waals surface area contributed by atoms with Gasteiger partial charge in [0.05, 0.1) is 16.1 Å². The highest BCUT2D eigenvalue weighted by Crippen LogP contribution is 2.26. The molecule has 0 fully saturated rings. The van der Waals surface area contributed by atoms with E-state index in [1.165, 1.54) is 0 Å². The molecule has 1 rings (SSSR count). The number of rotatable bonds is 5. The van der Waals surface area contributed by atoms with Crippen LogP contribution in [-0.4, -0.2) is 23.2 Å². The van der Waals surface area contributed by atoms with Gasteiger partial charge in [0.2, 0.25) is 0 Å². The second-order valence-electron chi connectivity index (χ2n) is 3.35. The maximum atomic E-state index is 9.73. The summed E-state index contributed by atoms with van der Waals surface area (Å²) < 4.78 is 0. The Bertz CT molecular complexity index is 317. The van der Waals surface area contributed by atoms with E-state index in [4.69, 9.17) is 23.2 Å². The Hall–Kier alpha value is 0.110. The first kappa shape index (κ1) is 13.2. The van der Waals surface area contributed by atoms with Gasteiger partial charge in [0, 0.05) is 0 Å². The van der Waals surface area contributed by atoms with Crippen LogP contribution in [0.5, 0.6) is 0 Å². The van der Waals surface area contributed by atoms with Crippen LogP contribution in [0.2, 0.25) is 10.0 Å². The van der Waals surface area contributed by atoms with Crippen molar-refractivity contribution in [2.24, 2.45) is 0 Å². The van der Waals surface area contributed by atoms with Crippen LogP contribution in [0.1, 0.15) is 12.0 Å². The highest BCUT2D eigenvalue weighted by Gasteiger charge is 2.09. The van der Waals surface area contributed by atoms with Crippen LogP contribution in [0.3, 0.4) is 0 Å². The van der Waals surface area contributed by atoms with Crippen LogP contribution < -0.4 is 0 Å². The average Bonchev–Trinajstić information content (AvgIpc) is 2.22. The largest absolute Gasteiger partial charge is 0.393 e. The minimum atomic E-state index is -0.339. The minimum absolute atomic E-state index is 0.339. The summed E-state index contributed by atoms with van der Waals surface area (Å²) in [6.45, 7) is 0. The third kappa shape index (κ3) is 4.23. The summed E-state index contributed by atoms with van der Waals surface area (Å²) in [4.78, 5) is 0. The van der Waals surface area contributed by atoms with E-state index < -0.39 is 0 Å². The fourth-order valence-electron chi connectivity index (χ4n) is 1.32. The van der Waals surface area contributed by atoms with Gasteiger partial charge in [0.15, 0.2) is 0 Å². The number of thioether (sulfide) groups is 1. The highest BCUT2D eigenvalue weighted by molar-refractivity contribution is 7.98. The highest BCUT2D eigenvalue weighted by atomic mass is 35.5. The van der Waals surface area contributed by atoms with Crippen LogP contribution >= 0.6 is 35.0 Å². The first-order chi connectivity index (χ1) is 7.15. The molecule has 1 unspecified atom stereocenters. The fourth-order valence-corrected chi connectivity index (χ4v) is 2.22. The second-order valence-corrected chi connectivity index (χ2v) is 5.12. The van der Waals surface area contributed by atoms with Gasteiger partial charge in [-0.25, -0.2) is 0 Å². The van der Waals surface area contributed by atoms with Crippen LogP contribution in [-0.2, 0) is 6.42 Å². The molecule has 4 heteroatoms. The van der Waals surface area contributed by atoms with Crippen molar-refractivity contribution in [3.05, 3.63) is 33.8 Å². The predicted molar refractivity (Wildman–Crippen MR) is 69.2 cm³/mol. The Morgan fingerprint density at radius 3 is 2.80 bits per heavy atom. The Labute approximate surface area is 105 Å². The van der Waals surface area contributed by atoms with Crippen molar-refractivity contribution in [2.45, 2.75) is 18.9 Å². The number of hydrogen-bond donors (Lipinski definition) is 1. The maximum absolute atomic E-state index is 9.73. The molecule has 0 radical (unpaired) electrons. The summed E-state index contributed by atoms with van der Waals surface area (Å²) in [5, 5.41) is 10.8. The van der Waals surface area contributed by atoms with Crippen LogP contribution in [0.15, 0.2) is 18.2 Å². The molecule has 1 aromatic rings. The molecule has 1 N–H and O–H groups in total. The summed E-state index contributed by atoms with van der Waals surface area (Å²) in [7, 11) is 0. The topological polar surface area (TPSA) is 20.2 Å². The maximum Gasteiger partial charge on any atom is 0.0625 e. The number of hydrogen-bond acceptors (Lipinski definition) is 2. The van der Waals surface area contributed by atoms with E-state index in [2.05, 4.69) is 0 Å². The molecule has 0 aliphatic carbocycles. The Morgan fingerprint density at radius 1 is 1.40 bits per heavy atom. The monoisotopic (exact) mass is 264 g/mol. The van der Waals surface area contributed by atoms with Crippen molar-refractivity contribution in [1.29, 1.82) is 0 Å². The van der Waals surface area contributed by atoms with Gasteiger partial charge in [-0.2, -0.15) is 11.8 Å². The summed E-state index contributed by atoms with van der Waals surface area (Å²) in [6.07, 6.45) is 3.04. The molecule has 0 aliphatic heterocycles. The van der Waals surface area contributed by atoms with Gasteiger partial charge in [-0.3, -0.25) is 0 Å². The van der Waals surface area contributed by atoms with E-state index in [0.717, 1.165) is 17.7 Å². The molecular formula is C11H14Cl2OS. The number of halogens is 2. The first-order valence-corrected chi connectivity index (χ1v) is 6.90. The smallest absolute Gasteiger partial charge is 0.0625 e. The van der Waals surface area contributed by atoms with Gasteiger partial charge >= 0.3 is 0 Å². The Balaban J connectivity index is 2.60. The second kappa shape index (κ2) is 6.64. The van der Waals surface area contributed by atoms with Gasteiger partial charge in [0.1, 0.15) is 0 Å². The summed E-state index contributed by atoms with van der Waals surface area (Å²) in [5.41, 5.74) is 0.915. The SMILES string of the molecule is CSCCC(O)Cc1cccc(Cl)c1Cl. The lowest BCUT2D eigenvalue weighted by atomic mass is 10.1. The standard InChI is InChI=1S/C11H14Cl2OS/c1-15-6-5-9(14)7-8-3-2-4-10(12)11(8)13/h2-4,9,14H,5-7H2,1H3. The lowest BCUT2D eigenvalue weighted by Gasteiger charge is -2.11. The van der Waals surface area contributed by atoms with Gasteiger partial charge < -0.3 is 5.11 Å². The van der Waals surface area contributed by atoms with E-state index in [9.17, 15) is 5.11 Å². The zero-order valence-electron chi connectivity index (χ0n) is 8.54. The Kier molecular flexibility index (Phi) is 5.83. The third-order valence-corrected chi connectivity index (χ3v) is 3.64. The number of aliphatic hydroxyl groups is 1. The molecule has 0 aliphatic rings. The summed E-state index contributed by atoms with van der Waals surface area (Å²) in [6, 6.07) is 5.50. The molecule has 15 heavy (non-hydrogen) atoms. The van der Waals surface area contributed by atoms with Crippen molar-refractivity contribution in [1.82, 2.24) is 0 Å². The number of benzene rings is 1. The predicted octanol–water partition coefficient (Wildman–Crippen LogP) is 3.65. The molecule has 0 saturated heterocycles. The van der Waals surface area contributed by atoms with E-state index >= 15 is 0 Å². The molecule has 0 saturated carbocycles. The lowest BCUT2D eigenvalue weighted by Crippen LogP contribution is -2.11. The zero-order chi connectivity index (χ0) is 11.3. The zero-order valence-corrected chi connectivity index (χ0v) is 10.9. The van der Waals surface area contributed by atoms with E-state index in [1.54, 1.807) is 17.8 Å². The van der Waals surface area contributed by atoms with Crippen molar-refractivity contribution in [2.75, 3.05) is 12.0 Å². The molecule has 0 aromatic heterocycles. The van der Waals surface area contributed by atoms with E-state index in [0.29, 0.717) is 16.5 Å². The average molecular weight is 265 g/mol. The van der Waals surface area contributed by atoms with Gasteiger partial charge in [-0.05, 0) is 36.5 Å². The van der Waals surface area contributed by atoms with Crippen molar-refractivity contribution in [3.63, 3.8) is 0 Å². The molecule has 0 bridgehead atoms. The van der Waals surface area contributed by atoms with E-state index in [1.807, 2.05) is 18.4 Å². The molecule has 0 spiro atoms. The summed E-state index contributed by atoms with van der Waals surface area (Å²) >= 11 is 13.6. The lowest BCUT2D eigenvalue weighted by molar-refractivity contribution is 0.172. The van der Waals surface area contributed by atoms with Crippen LogP contribution in [0.25, 0.3) is 0 Å². The van der Waals surface area contributed by atoms with Crippen molar-refractivity contribution in [3.8, 4) is 0 Å². The van der Waals surface area contributed by atoms with Crippen molar-refractivity contribution >= 4 is 35.0 Å². The molecule has 1 aromatic carbocycles. The summed E-state index contributed by atoms with van der Waals surface area (Å²) in [5.74, 6) is 0.958. The third-order valence-electron chi connectivity index (χ3n) is 2.14. The number of aliphatic hydroxyl groups excluding tert-OH is 1. The molecular weight excluding hydrogens is 251 g/mol. The van der Waals surface area contributed by atoms with Crippen LogP contribution in [0, 0.1) is 0 Å². The fraction of sp³-hybridized carbons (Fsp3) is 0.455. The van der Waals surface area contributed by atoms with Crippen LogP contribution in [0.4, 0.5) is 0 Å². The molecule has 1 atom stereocenters. The van der Waals surface area contributed by atoms with Crippen molar-refractivity contribution < 1.29 is 5.11 Å². The quantitative estimate of drug-likeness (QED) is 0.876. The first-order valence-electron chi connectivity index (χ1n) is 4.75. The molecule has 1 nitrogen and oxygen atoms in total.